The highest BCUT2D eigenvalue weighted by Gasteiger charge is 2.14. The molecule has 2 aromatic carbocycles. The molecule has 2 nitrogen and oxygen atoms in total. The second-order valence-electron chi connectivity index (χ2n) is 4.67. The number of thioether (sulfide) groups is 1. The van der Waals surface area contributed by atoms with E-state index in [4.69, 9.17) is 34.8 Å². The van der Waals surface area contributed by atoms with E-state index >= 15 is 0 Å². The predicted molar refractivity (Wildman–Crippen MR) is 95.1 cm³/mol. The molecule has 0 bridgehead atoms. The molecule has 0 aromatic heterocycles. The van der Waals surface area contributed by atoms with E-state index in [2.05, 4.69) is 5.32 Å². The smallest absolute Gasteiger partial charge is 0.233 e. The highest BCUT2D eigenvalue weighted by molar-refractivity contribution is 8.00. The van der Waals surface area contributed by atoms with Gasteiger partial charge < -0.3 is 5.32 Å². The average Bonchev–Trinajstić information content (AvgIpc) is 2.48. The summed E-state index contributed by atoms with van der Waals surface area (Å²) in [6.45, 7) is 2.23. The minimum absolute atomic E-state index is 0.0500. The van der Waals surface area contributed by atoms with Crippen molar-refractivity contribution in [2.24, 2.45) is 0 Å². The molecule has 0 aliphatic carbocycles. The number of rotatable bonds is 5. The first-order chi connectivity index (χ1) is 10.5. The first-order valence-corrected chi connectivity index (χ1v) is 8.61. The Bertz CT molecular complexity index is 661. The third-order valence-electron chi connectivity index (χ3n) is 2.96. The van der Waals surface area contributed by atoms with Gasteiger partial charge in [-0.25, -0.2) is 0 Å². The Morgan fingerprint density at radius 2 is 1.73 bits per heavy atom. The first-order valence-electron chi connectivity index (χ1n) is 6.59. The van der Waals surface area contributed by atoms with Crippen molar-refractivity contribution in [3.63, 3.8) is 0 Å². The van der Waals surface area contributed by atoms with Crippen molar-refractivity contribution in [3.8, 4) is 0 Å². The summed E-state index contributed by atoms with van der Waals surface area (Å²) in [4.78, 5) is 13.1. The van der Waals surface area contributed by atoms with Gasteiger partial charge in [0.05, 0.1) is 5.25 Å². The molecule has 6 heteroatoms. The van der Waals surface area contributed by atoms with Crippen LogP contribution in [0.25, 0.3) is 0 Å². The number of carbonyl (C=O) groups is 1. The second-order valence-corrected chi connectivity index (χ2v) is 7.36. The van der Waals surface area contributed by atoms with Gasteiger partial charge >= 0.3 is 0 Å². The van der Waals surface area contributed by atoms with Crippen molar-refractivity contribution in [1.29, 1.82) is 0 Å². The van der Waals surface area contributed by atoms with Crippen molar-refractivity contribution < 1.29 is 4.79 Å². The molecule has 0 spiro atoms. The van der Waals surface area contributed by atoms with Crippen LogP contribution in [0, 0.1) is 0 Å². The Kier molecular flexibility index (Phi) is 6.45. The molecule has 1 amide bonds. The van der Waals surface area contributed by atoms with E-state index in [0.29, 0.717) is 21.6 Å². The number of nitrogens with one attached hydrogen (secondary N) is 1. The van der Waals surface area contributed by atoms with Crippen molar-refractivity contribution in [3.05, 3.63) is 63.1 Å². The van der Waals surface area contributed by atoms with Crippen LogP contribution in [0.3, 0.4) is 0 Å². The van der Waals surface area contributed by atoms with E-state index in [1.165, 1.54) is 11.8 Å². The van der Waals surface area contributed by atoms with Crippen LogP contribution in [0.1, 0.15) is 12.5 Å². The largest absolute Gasteiger partial charge is 0.351 e. The zero-order valence-corrected chi connectivity index (χ0v) is 14.9. The number of carbonyl (C=O) groups excluding carboxylic acids is 1. The molecule has 1 N–H and O–H groups in total. The lowest BCUT2D eigenvalue weighted by molar-refractivity contribution is -0.120. The lowest BCUT2D eigenvalue weighted by Gasteiger charge is -2.13. The van der Waals surface area contributed by atoms with Gasteiger partial charge in [-0.2, -0.15) is 0 Å². The van der Waals surface area contributed by atoms with Crippen LogP contribution in [0.2, 0.25) is 15.1 Å². The fourth-order valence-corrected chi connectivity index (χ4v) is 3.26. The van der Waals surface area contributed by atoms with Gasteiger partial charge in [-0.05, 0) is 48.9 Å². The molecule has 2 rings (SSSR count). The number of benzene rings is 2. The van der Waals surface area contributed by atoms with E-state index in [9.17, 15) is 4.79 Å². The molecule has 0 heterocycles. The summed E-state index contributed by atoms with van der Waals surface area (Å²) >= 11 is 19.3. The summed E-state index contributed by atoms with van der Waals surface area (Å²) in [6.07, 6.45) is 0. The third kappa shape index (κ3) is 5.10. The predicted octanol–water partition coefficient (Wildman–Crippen LogP) is 5.44. The van der Waals surface area contributed by atoms with Crippen molar-refractivity contribution in [1.82, 2.24) is 5.32 Å². The van der Waals surface area contributed by atoms with Crippen LogP contribution in [0.4, 0.5) is 0 Å². The number of hydrogen-bond acceptors (Lipinski definition) is 2. The van der Waals surface area contributed by atoms with Gasteiger partial charge in [0.15, 0.2) is 0 Å². The van der Waals surface area contributed by atoms with E-state index in [0.717, 1.165) is 10.5 Å². The Hall–Kier alpha value is -0.870. The third-order valence-corrected chi connectivity index (χ3v) is 4.91. The van der Waals surface area contributed by atoms with E-state index in [-0.39, 0.29) is 11.2 Å². The summed E-state index contributed by atoms with van der Waals surface area (Å²) in [6, 6.07) is 12.6. The maximum absolute atomic E-state index is 12.1. The van der Waals surface area contributed by atoms with Gasteiger partial charge in [-0.3, -0.25) is 4.79 Å². The Morgan fingerprint density at radius 1 is 1.09 bits per heavy atom. The van der Waals surface area contributed by atoms with Crippen LogP contribution in [0.15, 0.2) is 47.4 Å². The summed E-state index contributed by atoms with van der Waals surface area (Å²) in [5, 5.41) is 4.46. The van der Waals surface area contributed by atoms with Crippen LogP contribution in [0.5, 0.6) is 0 Å². The minimum atomic E-state index is -0.216. The van der Waals surface area contributed by atoms with Crippen molar-refractivity contribution >= 4 is 52.5 Å². The molecule has 0 radical (unpaired) electrons. The lowest BCUT2D eigenvalue weighted by atomic mass is 10.2. The van der Waals surface area contributed by atoms with E-state index < -0.39 is 0 Å². The summed E-state index contributed by atoms with van der Waals surface area (Å²) in [5.41, 5.74) is 0.836. The van der Waals surface area contributed by atoms with Crippen molar-refractivity contribution in [2.45, 2.75) is 23.6 Å². The molecule has 0 saturated carbocycles. The quantitative estimate of drug-likeness (QED) is 0.706. The van der Waals surface area contributed by atoms with Gasteiger partial charge in [0.2, 0.25) is 5.91 Å². The Labute approximate surface area is 149 Å². The monoisotopic (exact) mass is 373 g/mol. The maximum atomic E-state index is 12.1. The Balaban J connectivity index is 1.89. The molecule has 1 atom stereocenters. The summed E-state index contributed by atoms with van der Waals surface area (Å²) in [7, 11) is 0. The van der Waals surface area contributed by atoms with E-state index in [1.807, 2.05) is 37.3 Å². The molecular weight excluding hydrogens is 361 g/mol. The van der Waals surface area contributed by atoms with Crippen LogP contribution in [-0.2, 0) is 11.3 Å². The zero-order chi connectivity index (χ0) is 16.1. The van der Waals surface area contributed by atoms with Gasteiger partial charge in [0.1, 0.15) is 0 Å². The van der Waals surface area contributed by atoms with Gasteiger partial charge in [-0.1, -0.05) is 40.9 Å². The number of amides is 1. The number of halogens is 3. The lowest BCUT2D eigenvalue weighted by Crippen LogP contribution is -2.30. The molecule has 0 saturated heterocycles. The standard InChI is InChI=1S/C16H14Cl3NOS/c1-10(22-14-6-4-12(17)5-7-14)16(21)20-9-11-2-3-13(18)8-15(11)19/h2-8,10H,9H2,1H3,(H,20,21)/t10-/m0/s1. The van der Waals surface area contributed by atoms with Gasteiger partial charge in [0.25, 0.3) is 0 Å². The molecule has 0 fully saturated rings. The fourth-order valence-electron chi connectivity index (χ4n) is 1.76. The van der Waals surface area contributed by atoms with Gasteiger partial charge in [-0.15, -0.1) is 11.8 Å². The SMILES string of the molecule is C[C@H](Sc1ccc(Cl)cc1)C(=O)NCc1ccc(Cl)cc1Cl. The van der Waals surface area contributed by atoms with Crippen LogP contribution >= 0.6 is 46.6 Å². The molecule has 0 unspecified atom stereocenters. The molecule has 0 aliphatic rings. The minimum Gasteiger partial charge on any atom is -0.351 e. The van der Waals surface area contributed by atoms with Crippen molar-refractivity contribution in [2.75, 3.05) is 0 Å². The van der Waals surface area contributed by atoms with E-state index in [1.54, 1.807) is 12.1 Å². The topological polar surface area (TPSA) is 29.1 Å². The zero-order valence-electron chi connectivity index (χ0n) is 11.8. The Morgan fingerprint density at radius 3 is 2.36 bits per heavy atom. The first kappa shape index (κ1) is 17.5. The summed E-state index contributed by atoms with van der Waals surface area (Å²) in [5.74, 6) is -0.0500. The highest BCUT2D eigenvalue weighted by Crippen LogP contribution is 2.25. The fraction of sp³-hybridized carbons (Fsp3) is 0.188. The van der Waals surface area contributed by atoms with Crippen LogP contribution in [-0.4, -0.2) is 11.2 Å². The average molecular weight is 375 g/mol. The van der Waals surface area contributed by atoms with Gasteiger partial charge in [0, 0.05) is 26.5 Å². The number of hydrogen-bond donors (Lipinski definition) is 1. The molecule has 22 heavy (non-hydrogen) atoms. The molecular formula is C16H14Cl3NOS. The normalized spacial score (nSPS) is 12.0. The summed E-state index contributed by atoms with van der Waals surface area (Å²) < 4.78 is 0. The molecule has 2 aromatic rings. The second kappa shape index (κ2) is 8.11. The maximum Gasteiger partial charge on any atom is 0.233 e. The molecule has 116 valence electrons. The molecule has 0 aliphatic heterocycles. The van der Waals surface area contributed by atoms with Crippen LogP contribution < -0.4 is 5.32 Å². The highest BCUT2D eigenvalue weighted by atomic mass is 35.5.